The number of Topliss-reactive ketones (excluding diaryl/α,β-unsaturated/α-hetero) is 1. The van der Waals surface area contributed by atoms with E-state index in [0.29, 0.717) is 19.2 Å². The maximum Gasteiger partial charge on any atom is 0.250 e. The average Bonchev–Trinajstić information content (AvgIpc) is 3.21. The number of halogens is 2. The fourth-order valence-electron chi connectivity index (χ4n) is 3.88. The molecule has 0 bridgehead atoms. The summed E-state index contributed by atoms with van der Waals surface area (Å²) >= 11 is 3.60. The van der Waals surface area contributed by atoms with Crippen molar-refractivity contribution < 1.29 is 19.1 Å². The second kappa shape index (κ2) is 9.80. The first-order valence-electron chi connectivity index (χ1n) is 9.66. The second-order valence-corrected chi connectivity index (χ2v) is 8.08. The summed E-state index contributed by atoms with van der Waals surface area (Å²) in [6.07, 6.45) is 3.58. The molecule has 5 nitrogen and oxygen atoms in total. The third-order valence-corrected chi connectivity index (χ3v) is 6.09. The van der Waals surface area contributed by atoms with Crippen LogP contribution in [0.1, 0.15) is 36.3 Å². The molecule has 0 unspecified atom stereocenters. The number of carbonyl (C=O) groups is 2. The lowest BCUT2D eigenvalue weighted by Crippen LogP contribution is -2.36. The zero-order valence-corrected chi connectivity index (χ0v) is 17.8. The Hall–Kier alpha value is -2.80. The quantitative estimate of drug-likeness (QED) is 0.346. The van der Waals surface area contributed by atoms with Gasteiger partial charge in [-0.1, -0.05) is 46.3 Å². The molecule has 30 heavy (non-hydrogen) atoms. The first-order chi connectivity index (χ1) is 14.4. The van der Waals surface area contributed by atoms with Crippen molar-refractivity contribution >= 4 is 33.8 Å². The molecule has 0 aromatic heterocycles. The van der Waals surface area contributed by atoms with Crippen LogP contribution in [0.4, 0.5) is 4.39 Å². The Bertz CT molecular complexity index is 975. The van der Waals surface area contributed by atoms with E-state index in [1.165, 1.54) is 12.1 Å². The molecule has 1 saturated heterocycles. The molecule has 0 aliphatic carbocycles. The molecule has 156 valence electrons. The molecule has 2 N–H and O–H groups in total. The lowest BCUT2D eigenvalue weighted by molar-refractivity contribution is -0.127. The third kappa shape index (κ3) is 5.02. The molecule has 2 aromatic rings. The molecule has 0 radical (unpaired) electrons. The number of allylic oxidation sites excluding steroid dienone is 1. The van der Waals surface area contributed by atoms with Gasteiger partial charge in [0.15, 0.2) is 5.76 Å². The van der Waals surface area contributed by atoms with Gasteiger partial charge in [0.2, 0.25) is 5.78 Å². The second-order valence-electron chi connectivity index (χ2n) is 7.23. The van der Waals surface area contributed by atoms with Gasteiger partial charge in [-0.25, -0.2) is 4.39 Å². The van der Waals surface area contributed by atoms with E-state index < -0.39 is 17.4 Å². The number of likely N-dealkylation sites (tertiary alicyclic amines) is 1. The summed E-state index contributed by atoms with van der Waals surface area (Å²) < 4.78 is 14.4. The van der Waals surface area contributed by atoms with Gasteiger partial charge in [0.05, 0.1) is 6.21 Å². The number of aliphatic hydroxyl groups is 1. The van der Waals surface area contributed by atoms with E-state index in [2.05, 4.69) is 15.9 Å². The number of benzene rings is 2. The van der Waals surface area contributed by atoms with E-state index in [9.17, 15) is 19.1 Å². The molecule has 1 fully saturated rings. The van der Waals surface area contributed by atoms with Gasteiger partial charge in [0.25, 0.3) is 5.91 Å². The monoisotopic (exact) mass is 472 g/mol. The molecule has 2 atom stereocenters. The highest BCUT2D eigenvalue weighted by atomic mass is 79.9. The predicted octanol–water partition coefficient (Wildman–Crippen LogP) is 4.76. The largest absolute Gasteiger partial charge is 0.504 e. The van der Waals surface area contributed by atoms with Gasteiger partial charge in [0.1, 0.15) is 5.82 Å². The van der Waals surface area contributed by atoms with Crippen molar-refractivity contribution in [2.45, 2.75) is 31.2 Å². The fraction of sp³-hybridized carbons (Fsp3) is 0.261. The molecular weight excluding hydrogens is 451 g/mol. The van der Waals surface area contributed by atoms with Gasteiger partial charge in [-0.2, -0.15) is 0 Å². The number of hydrogen-bond donors (Lipinski definition) is 2. The minimum Gasteiger partial charge on any atom is -0.504 e. The van der Waals surface area contributed by atoms with Gasteiger partial charge >= 0.3 is 0 Å². The molecule has 0 saturated carbocycles. The topological polar surface area (TPSA) is 81.5 Å². The van der Waals surface area contributed by atoms with Gasteiger partial charge in [-0.3, -0.25) is 9.59 Å². The van der Waals surface area contributed by atoms with Gasteiger partial charge in [-0.05, 0) is 48.6 Å². The highest BCUT2D eigenvalue weighted by molar-refractivity contribution is 9.10. The van der Waals surface area contributed by atoms with E-state index in [0.717, 1.165) is 34.5 Å². The lowest BCUT2D eigenvalue weighted by atomic mass is 9.85. The lowest BCUT2D eigenvalue weighted by Gasteiger charge is -2.29. The Balaban J connectivity index is 1.89. The van der Waals surface area contributed by atoms with E-state index in [-0.39, 0.29) is 17.8 Å². The van der Waals surface area contributed by atoms with Crippen LogP contribution in [0.2, 0.25) is 0 Å². The van der Waals surface area contributed by atoms with Crippen molar-refractivity contribution in [2.75, 3.05) is 6.54 Å². The Morgan fingerprint density at radius 2 is 1.93 bits per heavy atom. The Labute approximate surface area is 182 Å². The number of nitrogens with zero attached hydrogens (tertiary/aromatic N) is 1. The van der Waals surface area contributed by atoms with Crippen LogP contribution >= 0.6 is 15.9 Å². The van der Waals surface area contributed by atoms with Gasteiger partial charge in [0, 0.05) is 29.1 Å². The zero-order valence-electron chi connectivity index (χ0n) is 16.2. The van der Waals surface area contributed by atoms with Crippen molar-refractivity contribution in [3.05, 3.63) is 81.8 Å². The number of nitrogens with one attached hydrogen (secondary N) is 1. The predicted molar refractivity (Wildman–Crippen MR) is 116 cm³/mol. The number of rotatable bonds is 7. The third-order valence-electron chi connectivity index (χ3n) is 5.36. The molecule has 7 heteroatoms. The standard InChI is InChI=1S/C23H22BrFN2O3/c24-20-6-2-1-5-18(20)19(15-7-9-16(25)10-8-15)12-17-4-3-11-27(17)23(30)13-21(28)22(29)14-26/h1-2,5-10,13-14,17,19,26,28H,3-4,11-12H2/b21-13-,26-14?/t17-,19-/m1/s1. The first kappa shape index (κ1) is 21.9. The number of carbonyl (C=O) groups excluding carboxylic acids is 2. The number of hydrogen-bond acceptors (Lipinski definition) is 4. The normalized spacial score (nSPS) is 17.6. The van der Waals surface area contributed by atoms with Crippen LogP contribution in [0.25, 0.3) is 0 Å². The zero-order chi connectivity index (χ0) is 21.7. The maximum atomic E-state index is 13.5. The van der Waals surface area contributed by atoms with Crippen LogP contribution in [0.5, 0.6) is 0 Å². The molecule has 1 aliphatic heterocycles. The molecular formula is C23H22BrFN2O3. The summed E-state index contributed by atoms with van der Waals surface area (Å²) in [7, 11) is 0. The summed E-state index contributed by atoms with van der Waals surface area (Å²) in [4.78, 5) is 25.7. The molecule has 1 heterocycles. The minimum absolute atomic E-state index is 0.0691. The maximum absolute atomic E-state index is 13.5. The van der Waals surface area contributed by atoms with Gasteiger partial charge < -0.3 is 15.4 Å². The smallest absolute Gasteiger partial charge is 0.250 e. The van der Waals surface area contributed by atoms with Crippen molar-refractivity contribution in [2.24, 2.45) is 0 Å². The molecule has 1 amide bonds. The Kier molecular flexibility index (Phi) is 7.15. The average molecular weight is 473 g/mol. The van der Waals surface area contributed by atoms with Crippen LogP contribution in [0.3, 0.4) is 0 Å². The van der Waals surface area contributed by atoms with Crippen LogP contribution in [-0.2, 0) is 9.59 Å². The summed E-state index contributed by atoms with van der Waals surface area (Å²) in [6, 6.07) is 14.1. The van der Waals surface area contributed by atoms with Crippen molar-refractivity contribution in [1.82, 2.24) is 4.90 Å². The number of amides is 1. The van der Waals surface area contributed by atoms with E-state index in [1.54, 1.807) is 17.0 Å². The van der Waals surface area contributed by atoms with E-state index >= 15 is 0 Å². The molecule has 2 aromatic carbocycles. The number of aliphatic hydroxyl groups excluding tert-OH is 1. The van der Waals surface area contributed by atoms with E-state index in [1.807, 2.05) is 24.3 Å². The summed E-state index contributed by atoms with van der Waals surface area (Å²) in [5.74, 6) is -2.47. The van der Waals surface area contributed by atoms with E-state index in [4.69, 9.17) is 5.41 Å². The Morgan fingerprint density at radius 1 is 1.23 bits per heavy atom. The summed E-state index contributed by atoms with van der Waals surface area (Å²) in [5, 5.41) is 16.6. The molecule has 1 aliphatic rings. The summed E-state index contributed by atoms with van der Waals surface area (Å²) in [6.45, 7) is 0.526. The van der Waals surface area contributed by atoms with Crippen molar-refractivity contribution in [1.29, 1.82) is 5.41 Å². The van der Waals surface area contributed by atoms with Crippen LogP contribution in [0, 0.1) is 11.2 Å². The van der Waals surface area contributed by atoms with Crippen LogP contribution in [-0.4, -0.2) is 40.5 Å². The highest BCUT2D eigenvalue weighted by Crippen LogP contribution is 2.37. The van der Waals surface area contributed by atoms with Gasteiger partial charge in [-0.15, -0.1) is 0 Å². The fourth-order valence-corrected chi connectivity index (χ4v) is 4.44. The van der Waals surface area contributed by atoms with Crippen LogP contribution in [0.15, 0.2) is 64.8 Å². The first-order valence-corrected chi connectivity index (χ1v) is 10.5. The van der Waals surface area contributed by atoms with Crippen LogP contribution < -0.4 is 0 Å². The van der Waals surface area contributed by atoms with Crippen molar-refractivity contribution in [3.8, 4) is 0 Å². The molecule has 0 spiro atoms. The molecule has 3 rings (SSSR count). The number of ketones is 1. The summed E-state index contributed by atoms with van der Waals surface area (Å²) in [5.41, 5.74) is 1.99. The SMILES string of the molecule is N=CC(=O)/C(O)=C/C(=O)N1CCC[C@@H]1C[C@H](c1ccc(F)cc1)c1ccccc1Br. The highest BCUT2D eigenvalue weighted by Gasteiger charge is 2.32. The van der Waals surface area contributed by atoms with Crippen molar-refractivity contribution in [3.63, 3.8) is 0 Å². The minimum atomic E-state index is -0.906. The Morgan fingerprint density at radius 3 is 2.60 bits per heavy atom.